The molecular weight excluding hydrogens is 220 g/mol. The number of rotatable bonds is 6. The van der Waals surface area contributed by atoms with E-state index in [1.165, 1.54) is 4.90 Å². The van der Waals surface area contributed by atoms with Crippen molar-refractivity contribution in [2.75, 3.05) is 13.6 Å². The predicted molar refractivity (Wildman–Crippen MR) is 67.0 cm³/mol. The van der Waals surface area contributed by atoms with Gasteiger partial charge in [0.25, 0.3) is 0 Å². The molecule has 0 bridgehead atoms. The lowest BCUT2D eigenvalue weighted by molar-refractivity contribution is -0.142. The number of nitrogens with zero attached hydrogens (tertiary/aromatic N) is 2. The highest BCUT2D eigenvalue weighted by atomic mass is 16.4. The number of amides is 2. The van der Waals surface area contributed by atoms with E-state index in [-0.39, 0.29) is 12.1 Å². The van der Waals surface area contributed by atoms with Crippen molar-refractivity contribution in [1.29, 1.82) is 0 Å². The molecule has 0 fully saturated rings. The fourth-order valence-electron chi connectivity index (χ4n) is 1.81. The van der Waals surface area contributed by atoms with Gasteiger partial charge in [-0.15, -0.1) is 0 Å². The minimum absolute atomic E-state index is 0.126. The summed E-state index contributed by atoms with van der Waals surface area (Å²) in [5, 5.41) is 9.03. The van der Waals surface area contributed by atoms with Crippen molar-refractivity contribution >= 4 is 12.0 Å². The van der Waals surface area contributed by atoms with Crippen LogP contribution in [0.5, 0.6) is 0 Å². The molecule has 0 aromatic heterocycles. The van der Waals surface area contributed by atoms with Crippen molar-refractivity contribution < 1.29 is 14.7 Å². The lowest BCUT2D eigenvalue weighted by atomic mass is 10.2. The highest BCUT2D eigenvalue weighted by Gasteiger charge is 2.29. The molecule has 2 amide bonds. The van der Waals surface area contributed by atoms with Crippen LogP contribution in [0.1, 0.15) is 40.5 Å². The van der Waals surface area contributed by atoms with E-state index in [2.05, 4.69) is 0 Å². The molecule has 1 N–H and O–H groups in total. The molecule has 0 aliphatic rings. The second kappa shape index (κ2) is 7.14. The summed E-state index contributed by atoms with van der Waals surface area (Å²) < 4.78 is 0. The van der Waals surface area contributed by atoms with E-state index >= 15 is 0 Å². The van der Waals surface area contributed by atoms with Gasteiger partial charge in [0.1, 0.15) is 6.04 Å². The van der Waals surface area contributed by atoms with E-state index in [9.17, 15) is 9.59 Å². The summed E-state index contributed by atoms with van der Waals surface area (Å²) in [6.45, 7) is 8.24. The Morgan fingerprint density at radius 2 is 1.71 bits per heavy atom. The molecule has 0 saturated heterocycles. The summed E-state index contributed by atoms with van der Waals surface area (Å²) in [7, 11) is 1.55. The standard InChI is InChI=1S/C12H24N2O3/c1-6-9(4)14(8-3)12(17)13(5)10(7-2)11(15)16/h9-10H,6-8H2,1-5H3,(H,15,16). The summed E-state index contributed by atoms with van der Waals surface area (Å²) >= 11 is 0. The van der Waals surface area contributed by atoms with E-state index in [1.54, 1.807) is 18.9 Å². The fourth-order valence-corrected chi connectivity index (χ4v) is 1.81. The second-order valence-electron chi connectivity index (χ2n) is 4.20. The van der Waals surface area contributed by atoms with Gasteiger partial charge in [0.15, 0.2) is 0 Å². The first-order chi connectivity index (χ1) is 7.90. The van der Waals surface area contributed by atoms with E-state index in [0.29, 0.717) is 13.0 Å². The number of carboxylic acid groups (broad SMARTS) is 1. The Labute approximate surface area is 103 Å². The number of hydrogen-bond donors (Lipinski definition) is 1. The van der Waals surface area contributed by atoms with Gasteiger partial charge in [-0.05, 0) is 26.7 Å². The van der Waals surface area contributed by atoms with Gasteiger partial charge < -0.3 is 14.9 Å². The van der Waals surface area contributed by atoms with E-state index < -0.39 is 12.0 Å². The highest BCUT2D eigenvalue weighted by Crippen LogP contribution is 2.11. The molecule has 100 valence electrons. The van der Waals surface area contributed by atoms with Gasteiger partial charge in [-0.2, -0.15) is 0 Å². The fraction of sp³-hybridized carbons (Fsp3) is 0.833. The predicted octanol–water partition coefficient (Wildman–Crippen LogP) is 2.02. The number of aliphatic carboxylic acids is 1. The maximum Gasteiger partial charge on any atom is 0.326 e. The summed E-state index contributed by atoms with van der Waals surface area (Å²) in [4.78, 5) is 26.2. The van der Waals surface area contributed by atoms with Gasteiger partial charge in [-0.25, -0.2) is 9.59 Å². The van der Waals surface area contributed by atoms with Gasteiger partial charge in [-0.3, -0.25) is 0 Å². The molecule has 5 heteroatoms. The summed E-state index contributed by atoms with van der Waals surface area (Å²) in [6.07, 6.45) is 1.27. The summed E-state index contributed by atoms with van der Waals surface area (Å²) in [5.74, 6) is -0.955. The Hall–Kier alpha value is -1.26. The van der Waals surface area contributed by atoms with Crippen LogP contribution < -0.4 is 0 Å². The Bertz CT molecular complexity index is 268. The first-order valence-corrected chi connectivity index (χ1v) is 6.16. The number of urea groups is 1. The van der Waals surface area contributed by atoms with Gasteiger partial charge in [-0.1, -0.05) is 13.8 Å². The van der Waals surface area contributed by atoms with Crippen LogP contribution in [0.3, 0.4) is 0 Å². The molecular formula is C12H24N2O3. The first-order valence-electron chi connectivity index (χ1n) is 6.16. The van der Waals surface area contributed by atoms with Crippen molar-refractivity contribution in [3.05, 3.63) is 0 Å². The largest absolute Gasteiger partial charge is 0.480 e. The lowest BCUT2D eigenvalue weighted by Gasteiger charge is -2.34. The lowest BCUT2D eigenvalue weighted by Crippen LogP contribution is -2.51. The van der Waals surface area contributed by atoms with E-state index in [0.717, 1.165) is 6.42 Å². The summed E-state index contributed by atoms with van der Waals surface area (Å²) in [5.41, 5.74) is 0. The van der Waals surface area contributed by atoms with Crippen LogP contribution in [0.2, 0.25) is 0 Å². The van der Waals surface area contributed by atoms with Gasteiger partial charge >= 0.3 is 12.0 Å². The average Bonchev–Trinajstić information content (AvgIpc) is 2.29. The molecule has 0 rings (SSSR count). The van der Waals surface area contributed by atoms with Gasteiger partial charge in [0.05, 0.1) is 0 Å². The molecule has 0 saturated carbocycles. The SMILES string of the molecule is CCC(C(=O)O)N(C)C(=O)N(CC)C(C)CC. The molecule has 17 heavy (non-hydrogen) atoms. The van der Waals surface area contributed by atoms with Crippen LogP contribution in [-0.4, -0.2) is 52.6 Å². The van der Waals surface area contributed by atoms with Crippen molar-refractivity contribution in [3.8, 4) is 0 Å². The van der Waals surface area contributed by atoms with Crippen LogP contribution in [0.4, 0.5) is 4.79 Å². The number of carbonyl (C=O) groups excluding carboxylic acids is 1. The first kappa shape index (κ1) is 15.7. The number of likely N-dealkylation sites (N-methyl/N-ethyl adjacent to an activating group) is 1. The van der Waals surface area contributed by atoms with Gasteiger partial charge in [0, 0.05) is 19.6 Å². The molecule has 0 spiro atoms. The van der Waals surface area contributed by atoms with E-state index in [1.807, 2.05) is 20.8 Å². The van der Waals surface area contributed by atoms with E-state index in [4.69, 9.17) is 5.11 Å². The monoisotopic (exact) mass is 244 g/mol. The van der Waals surface area contributed by atoms with Crippen LogP contribution in [0.25, 0.3) is 0 Å². The zero-order chi connectivity index (χ0) is 13.6. The van der Waals surface area contributed by atoms with Crippen LogP contribution in [-0.2, 0) is 4.79 Å². The molecule has 0 aliphatic heterocycles. The maximum atomic E-state index is 12.2. The Morgan fingerprint density at radius 3 is 2.00 bits per heavy atom. The smallest absolute Gasteiger partial charge is 0.326 e. The zero-order valence-electron chi connectivity index (χ0n) is 11.4. The van der Waals surface area contributed by atoms with Crippen molar-refractivity contribution in [2.45, 2.75) is 52.6 Å². The Kier molecular flexibility index (Phi) is 6.61. The molecule has 0 aromatic rings. The minimum Gasteiger partial charge on any atom is -0.480 e. The minimum atomic E-state index is -0.955. The summed E-state index contributed by atoms with van der Waals surface area (Å²) in [6, 6.07) is -0.835. The molecule has 5 nitrogen and oxygen atoms in total. The van der Waals surface area contributed by atoms with Crippen molar-refractivity contribution in [3.63, 3.8) is 0 Å². The van der Waals surface area contributed by atoms with Gasteiger partial charge in [0.2, 0.25) is 0 Å². The molecule has 0 heterocycles. The second-order valence-corrected chi connectivity index (χ2v) is 4.20. The third kappa shape index (κ3) is 3.91. The third-order valence-corrected chi connectivity index (χ3v) is 3.15. The van der Waals surface area contributed by atoms with Crippen LogP contribution >= 0.6 is 0 Å². The Morgan fingerprint density at radius 1 is 1.18 bits per heavy atom. The zero-order valence-corrected chi connectivity index (χ0v) is 11.4. The average molecular weight is 244 g/mol. The molecule has 0 aliphatic carbocycles. The number of carboxylic acids is 1. The van der Waals surface area contributed by atoms with Crippen LogP contribution in [0.15, 0.2) is 0 Å². The van der Waals surface area contributed by atoms with Crippen molar-refractivity contribution in [1.82, 2.24) is 9.80 Å². The molecule has 2 unspecified atom stereocenters. The van der Waals surface area contributed by atoms with Crippen molar-refractivity contribution in [2.24, 2.45) is 0 Å². The Balaban J connectivity index is 4.82. The normalized spacial score (nSPS) is 13.9. The number of hydrogen-bond acceptors (Lipinski definition) is 2. The molecule has 2 atom stereocenters. The maximum absolute atomic E-state index is 12.2. The topological polar surface area (TPSA) is 60.9 Å². The molecule has 0 radical (unpaired) electrons. The number of carbonyl (C=O) groups is 2. The third-order valence-electron chi connectivity index (χ3n) is 3.15. The highest BCUT2D eigenvalue weighted by molar-refractivity contribution is 5.82. The van der Waals surface area contributed by atoms with Crippen LogP contribution in [0, 0.1) is 0 Å². The quantitative estimate of drug-likeness (QED) is 0.777. The molecule has 0 aromatic carbocycles.